The van der Waals surface area contributed by atoms with E-state index in [1.54, 1.807) is 18.3 Å². The molecule has 0 radical (unpaired) electrons. The third-order valence-electron chi connectivity index (χ3n) is 3.99. The fourth-order valence-electron chi connectivity index (χ4n) is 2.73. The number of hydrogen-bond donors (Lipinski definition) is 0. The highest BCUT2D eigenvalue weighted by Crippen LogP contribution is 2.19. The number of nitrogens with zero attached hydrogens (tertiary/aromatic N) is 4. The van der Waals surface area contributed by atoms with Gasteiger partial charge < -0.3 is 9.32 Å². The Morgan fingerprint density at radius 2 is 2.23 bits per heavy atom. The van der Waals surface area contributed by atoms with E-state index in [0.717, 1.165) is 38.2 Å². The molecule has 3 heterocycles. The maximum absolute atomic E-state index is 12.2. The Hall–Kier alpha value is -2.37. The number of furan rings is 1. The predicted molar refractivity (Wildman–Crippen MR) is 81.8 cm³/mol. The van der Waals surface area contributed by atoms with E-state index in [0.29, 0.717) is 11.7 Å². The van der Waals surface area contributed by atoms with Crippen molar-refractivity contribution in [3.05, 3.63) is 42.1 Å². The molecule has 6 nitrogen and oxygen atoms in total. The van der Waals surface area contributed by atoms with Gasteiger partial charge in [0.05, 0.1) is 6.20 Å². The van der Waals surface area contributed by atoms with Crippen LogP contribution in [-0.2, 0) is 11.3 Å². The number of carbonyl (C=O) groups is 1. The summed E-state index contributed by atoms with van der Waals surface area (Å²) < 4.78 is 7.29. The summed E-state index contributed by atoms with van der Waals surface area (Å²) >= 11 is 0. The van der Waals surface area contributed by atoms with Crippen LogP contribution in [0.25, 0.3) is 6.08 Å². The molecule has 2 aromatic rings. The lowest BCUT2D eigenvalue weighted by Gasteiger charge is -2.31. The Bertz CT molecular complexity index is 637. The highest BCUT2D eigenvalue weighted by molar-refractivity contribution is 5.91. The molecule has 0 bridgehead atoms. The normalized spacial score (nSPS) is 16.5. The van der Waals surface area contributed by atoms with E-state index in [2.05, 4.69) is 10.3 Å². The van der Waals surface area contributed by atoms with Gasteiger partial charge in [-0.05, 0) is 43.9 Å². The number of carbonyl (C=O) groups excluding carboxylic acids is 1. The molecule has 1 saturated heterocycles. The van der Waals surface area contributed by atoms with Crippen molar-refractivity contribution in [2.75, 3.05) is 13.1 Å². The average Bonchev–Trinajstić information content (AvgIpc) is 3.17. The fraction of sp³-hybridized carbons (Fsp3) is 0.438. The molecule has 2 aromatic heterocycles. The number of amides is 1. The van der Waals surface area contributed by atoms with Gasteiger partial charge in [0.15, 0.2) is 0 Å². The number of rotatable bonds is 4. The maximum Gasteiger partial charge on any atom is 0.246 e. The minimum absolute atomic E-state index is 0.0493. The lowest BCUT2D eigenvalue weighted by Crippen LogP contribution is -2.38. The summed E-state index contributed by atoms with van der Waals surface area (Å²) in [5, 5.41) is 7.81. The highest BCUT2D eigenvalue weighted by atomic mass is 16.3. The quantitative estimate of drug-likeness (QED) is 0.811. The van der Waals surface area contributed by atoms with Crippen molar-refractivity contribution in [2.24, 2.45) is 5.92 Å². The summed E-state index contributed by atoms with van der Waals surface area (Å²) in [6, 6.07) is 3.75. The molecule has 0 atom stereocenters. The Balaban J connectivity index is 1.48. The van der Waals surface area contributed by atoms with Crippen LogP contribution in [0.5, 0.6) is 0 Å². The Morgan fingerprint density at radius 3 is 2.86 bits per heavy atom. The SMILES string of the molecule is Cc1ccc(/C=C/C(=O)N2CCC(Cn3ccnn3)CC2)o1. The molecule has 1 aliphatic rings. The maximum atomic E-state index is 12.2. The van der Waals surface area contributed by atoms with Gasteiger partial charge in [-0.2, -0.15) is 0 Å². The lowest BCUT2D eigenvalue weighted by molar-refractivity contribution is -0.127. The van der Waals surface area contributed by atoms with Crippen molar-refractivity contribution < 1.29 is 9.21 Å². The van der Waals surface area contributed by atoms with Gasteiger partial charge in [-0.25, -0.2) is 0 Å². The van der Waals surface area contributed by atoms with Gasteiger partial charge in [0.2, 0.25) is 5.91 Å². The standard InChI is InChI=1S/C16H20N4O2/c1-13-2-3-15(22-13)4-5-16(21)19-9-6-14(7-10-19)12-20-11-8-17-18-20/h2-5,8,11,14H,6-7,9-10,12H2,1H3/b5-4+. The molecule has 0 N–H and O–H groups in total. The van der Waals surface area contributed by atoms with Crippen molar-refractivity contribution in [2.45, 2.75) is 26.3 Å². The summed E-state index contributed by atoms with van der Waals surface area (Å²) in [5.41, 5.74) is 0. The summed E-state index contributed by atoms with van der Waals surface area (Å²) in [7, 11) is 0. The number of hydrogen-bond acceptors (Lipinski definition) is 4. The van der Waals surface area contributed by atoms with Gasteiger partial charge in [0.1, 0.15) is 11.5 Å². The van der Waals surface area contributed by atoms with Crippen LogP contribution in [0.3, 0.4) is 0 Å². The van der Waals surface area contributed by atoms with Crippen LogP contribution in [0, 0.1) is 12.8 Å². The zero-order valence-corrected chi connectivity index (χ0v) is 12.7. The van der Waals surface area contributed by atoms with Crippen LogP contribution in [-0.4, -0.2) is 38.9 Å². The number of aryl methyl sites for hydroxylation is 1. The molecular formula is C16H20N4O2. The van der Waals surface area contributed by atoms with Crippen LogP contribution in [0.15, 0.2) is 35.0 Å². The molecule has 116 valence electrons. The molecule has 0 saturated carbocycles. The predicted octanol–water partition coefficient (Wildman–Crippen LogP) is 2.13. The van der Waals surface area contributed by atoms with Gasteiger partial charge in [-0.3, -0.25) is 9.48 Å². The first kappa shape index (κ1) is 14.6. The Kier molecular flexibility index (Phi) is 4.37. The highest BCUT2D eigenvalue weighted by Gasteiger charge is 2.22. The van der Waals surface area contributed by atoms with Crippen LogP contribution < -0.4 is 0 Å². The zero-order chi connectivity index (χ0) is 15.4. The Morgan fingerprint density at radius 1 is 1.41 bits per heavy atom. The lowest BCUT2D eigenvalue weighted by atomic mass is 9.97. The van der Waals surface area contributed by atoms with E-state index >= 15 is 0 Å². The molecule has 1 fully saturated rings. The van der Waals surface area contributed by atoms with Crippen LogP contribution in [0.2, 0.25) is 0 Å². The molecule has 6 heteroatoms. The minimum Gasteiger partial charge on any atom is -0.462 e. The van der Waals surface area contributed by atoms with Gasteiger partial charge in [0, 0.05) is 31.9 Å². The molecule has 1 aliphatic heterocycles. The molecule has 0 aliphatic carbocycles. The van der Waals surface area contributed by atoms with Crippen molar-refractivity contribution >= 4 is 12.0 Å². The average molecular weight is 300 g/mol. The first-order valence-corrected chi connectivity index (χ1v) is 7.58. The summed E-state index contributed by atoms with van der Waals surface area (Å²) in [6.45, 7) is 4.35. The van der Waals surface area contributed by atoms with E-state index in [4.69, 9.17) is 4.42 Å². The second kappa shape index (κ2) is 6.60. The summed E-state index contributed by atoms with van der Waals surface area (Å²) in [5.74, 6) is 2.17. The third-order valence-corrected chi connectivity index (χ3v) is 3.99. The van der Waals surface area contributed by atoms with Gasteiger partial charge in [-0.1, -0.05) is 5.21 Å². The van der Waals surface area contributed by atoms with Crippen molar-refractivity contribution in [1.29, 1.82) is 0 Å². The van der Waals surface area contributed by atoms with Gasteiger partial charge in [-0.15, -0.1) is 5.10 Å². The molecular weight excluding hydrogens is 280 g/mol. The Labute approximate surface area is 129 Å². The summed E-state index contributed by atoms with van der Waals surface area (Å²) in [6.07, 6.45) is 8.90. The third kappa shape index (κ3) is 3.63. The van der Waals surface area contributed by atoms with E-state index in [1.165, 1.54) is 0 Å². The summed E-state index contributed by atoms with van der Waals surface area (Å²) in [4.78, 5) is 14.1. The van der Waals surface area contributed by atoms with Crippen LogP contribution in [0.1, 0.15) is 24.4 Å². The van der Waals surface area contributed by atoms with Crippen molar-refractivity contribution in [3.8, 4) is 0 Å². The first-order chi connectivity index (χ1) is 10.7. The van der Waals surface area contributed by atoms with E-state index in [-0.39, 0.29) is 5.91 Å². The number of likely N-dealkylation sites (tertiary alicyclic amines) is 1. The van der Waals surface area contributed by atoms with Gasteiger partial charge in [0.25, 0.3) is 0 Å². The molecule has 1 amide bonds. The first-order valence-electron chi connectivity index (χ1n) is 7.58. The fourth-order valence-corrected chi connectivity index (χ4v) is 2.73. The smallest absolute Gasteiger partial charge is 0.246 e. The van der Waals surface area contributed by atoms with Gasteiger partial charge >= 0.3 is 0 Å². The van der Waals surface area contributed by atoms with E-state index in [1.807, 2.05) is 34.8 Å². The van der Waals surface area contributed by atoms with Crippen LogP contribution >= 0.6 is 0 Å². The molecule has 3 rings (SSSR count). The van der Waals surface area contributed by atoms with E-state index < -0.39 is 0 Å². The van der Waals surface area contributed by atoms with Crippen LogP contribution in [0.4, 0.5) is 0 Å². The van der Waals surface area contributed by atoms with Crippen molar-refractivity contribution in [3.63, 3.8) is 0 Å². The second-order valence-corrected chi connectivity index (χ2v) is 5.68. The number of aromatic nitrogens is 3. The largest absolute Gasteiger partial charge is 0.462 e. The second-order valence-electron chi connectivity index (χ2n) is 5.68. The zero-order valence-electron chi connectivity index (χ0n) is 12.7. The molecule has 0 aromatic carbocycles. The number of piperidine rings is 1. The molecule has 22 heavy (non-hydrogen) atoms. The topological polar surface area (TPSA) is 64.2 Å². The molecule has 0 spiro atoms. The minimum atomic E-state index is 0.0493. The monoisotopic (exact) mass is 300 g/mol. The van der Waals surface area contributed by atoms with E-state index in [9.17, 15) is 4.79 Å². The van der Waals surface area contributed by atoms with Crippen molar-refractivity contribution in [1.82, 2.24) is 19.9 Å². The molecule has 0 unspecified atom stereocenters.